The first-order valence-corrected chi connectivity index (χ1v) is 8.91. The largest absolute Gasteiger partial charge is 0.298 e. The summed E-state index contributed by atoms with van der Waals surface area (Å²) in [7, 11) is -1.19. The normalized spacial score (nSPS) is 18.1. The summed E-state index contributed by atoms with van der Waals surface area (Å²) >= 11 is 0. The molecule has 20 heavy (non-hydrogen) atoms. The van der Waals surface area contributed by atoms with Crippen molar-refractivity contribution in [1.29, 1.82) is 0 Å². The van der Waals surface area contributed by atoms with E-state index in [2.05, 4.69) is 13.8 Å². The highest BCUT2D eigenvalue weighted by molar-refractivity contribution is 7.85. The molecule has 1 aromatic rings. The minimum Gasteiger partial charge on any atom is -0.298 e. The molecule has 3 heteroatoms. The monoisotopic (exact) mass is 292 g/mol. The fourth-order valence-corrected chi connectivity index (χ4v) is 3.86. The fraction of sp³-hybridized carbons (Fsp3) is 0.588. The van der Waals surface area contributed by atoms with Gasteiger partial charge in [0.05, 0.1) is 16.6 Å². The van der Waals surface area contributed by atoms with Gasteiger partial charge in [-0.25, -0.2) is 0 Å². The van der Waals surface area contributed by atoms with Crippen molar-refractivity contribution in [3.8, 4) is 0 Å². The lowest BCUT2D eigenvalue weighted by Gasteiger charge is -2.19. The third kappa shape index (κ3) is 4.02. The van der Waals surface area contributed by atoms with E-state index in [1.54, 1.807) is 0 Å². The second kappa shape index (κ2) is 7.16. The van der Waals surface area contributed by atoms with Crippen LogP contribution < -0.4 is 0 Å². The topological polar surface area (TPSA) is 34.1 Å². The first-order valence-electron chi connectivity index (χ1n) is 7.59. The van der Waals surface area contributed by atoms with E-state index >= 15 is 0 Å². The molecule has 0 radical (unpaired) electrons. The van der Waals surface area contributed by atoms with Crippen LogP contribution in [0.2, 0.25) is 0 Å². The Morgan fingerprint density at radius 2 is 1.75 bits per heavy atom. The first kappa shape index (κ1) is 15.4. The molecule has 1 saturated carbocycles. The number of hydrogen-bond donors (Lipinski definition) is 0. The Balaban J connectivity index is 1.95. The van der Waals surface area contributed by atoms with Crippen LogP contribution in [0, 0.1) is 5.92 Å². The van der Waals surface area contributed by atoms with Crippen molar-refractivity contribution in [3.63, 3.8) is 0 Å². The fourth-order valence-electron chi connectivity index (χ4n) is 2.76. The van der Waals surface area contributed by atoms with E-state index in [0.717, 1.165) is 30.6 Å². The summed E-state index contributed by atoms with van der Waals surface area (Å²) in [4.78, 5) is 12.9. The van der Waals surface area contributed by atoms with Gasteiger partial charge in [0.15, 0.2) is 0 Å². The molecule has 1 unspecified atom stereocenters. The lowest BCUT2D eigenvalue weighted by Crippen LogP contribution is -2.23. The summed E-state index contributed by atoms with van der Waals surface area (Å²) in [6, 6.07) is 7.84. The van der Waals surface area contributed by atoms with Crippen molar-refractivity contribution < 1.29 is 9.00 Å². The molecule has 1 aliphatic carbocycles. The molecule has 1 fully saturated rings. The molecule has 2 rings (SSSR count). The van der Waals surface area contributed by atoms with E-state index in [1.165, 1.54) is 12.0 Å². The molecule has 2 nitrogen and oxygen atoms in total. The summed E-state index contributed by atoms with van der Waals surface area (Å²) in [5, 5.41) is 0. The molecule has 0 aromatic heterocycles. The Morgan fingerprint density at radius 1 is 1.15 bits per heavy atom. The van der Waals surface area contributed by atoms with Crippen molar-refractivity contribution in [3.05, 3.63) is 29.8 Å². The number of ketones is 1. The van der Waals surface area contributed by atoms with Gasteiger partial charge in [0.1, 0.15) is 5.78 Å². The van der Waals surface area contributed by atoms with Crippen LogP contribution in [0.5, 0.6) is 0 Å². The van der Waals surface area contributed by atoms with E-state index in [9.17, 15) is 9.00 Å². The molecular formula is C17H24O2S. The maximum Gasteiger partial charge on any atom is 0.148 e. The average molecular weight is 292 g/mol. The Morgan fingerprint density at radius 3 is 2.30 bits per heavy atom. The molecule has 0 amide bonds. The molecule has 1 aromatic carbocycles. The quantitative estimate of drug-likeness (QED) is 0.820. The van der Waals surface area contributed by atoms with Crippen molar-refractivity contribution in [1.82, 2.24) is 0 Å². The zero-order chi connectivity index (χ0) is 14.5. The van der Waals surface area contributed by atoms with Crippen molar-refractivity contribution in [2.75, 3.05) is 5.75 Å². The standard InChI is InChI=1S/C17H24O2S/c1-13(2)14-8-10-16(11-9-14)20(19)12-17(18)15-6-4-3-5-7-15/h8-11,13,15H,3-7,12H2,1-2H3. The zero-order valence-electron chi connectivity index (χ0n) is 12.4. The zero-order valence-corrected chi connectivity index (χ0v) is 13.2. The molecule has 110 valence electrons. The van der Waals surface area contributed by atoms with E-state index in [0.29, 0.717) is 5.92 Å². The summed E-state index contributed by atoms with van der Waals surface area (Å²) in [6.45, 7) is 4.27. The summed E-state index contributed by atoms with van der Waals surface area (Å²) < 4.78 is 12.3. The van der Waals surface area contributed by atoms with Gasteiger partial charge in [0.25, 0.3) is 0 Å². The lowest BCUT2D eigenvalue weighted by atomic mass is 9.87. The first-order chi connectivity index (χ1) is 9.58. The predicted octanol–water partition coefficient (Wildman–Crippen LogP) is 4.07. The second-order valence-electron chi connectivity index (χ2n) is 6.01. The van der Waals surface area contributed by atoms with Crippen LogP contribution in [-0.2, 0) is 15.6 Å². The summed E-state index contributed by atoms with van der Waals surface area (Å²) in [5.41, 5.74) is 1.24. The highest BCUT2D eigenvalue weighted by Crippen LogP contribution is 2.25. The SMILES string of the molecule is CC(C)c1ccc(S(=O)CC(=O)C2CCCCC2)cc1. The van der Waals surface area contributed by atoms with Crippen LogP contribution in [0.4, 0.5) is 0 Å². The van der Waals surface area contributed by atoms with Gasteiger partial charge < -0.3 is 0 Å². The highest BCUT2D eigenvalue weighted by Gasteiger charge is 2.22. The van der Waals surface area contributed by atoms with E-state index < -0.39 is 10.8 Å². The number of carbonyl (C=O) groups excluding carboxylic acids is 1. The third-order valence-electron chi connectivity index (χ3n) is 4.14. The van der Waals surface area contributed by atoms with Crippen LogP contribution in [0.3, 0.4) is 0 Å². The lowest BCUT2D eigenvalue weighted by molar-refractivity contribution is -0.121. The highest BCUT2D eigenvalue weighted by atomic mass is 32.2. The van der Waals surface area contributed by atoms with Gasteiger partial charge in [-0.15, -0.1) is 0 Å². The van der Waals surface area contributed by atoms with E-state index in [1.807, 2.05) is 24.3 Å². The number of Topliss-reactive ketones (excluding diaryl/α,β-unsaturated/α-hetero) is 1. The van der Waals surface area contributed by atoms with Gasteiger partial charge in [-0.3, -0.25) is 9.00 Å². The Kier molecular flexibility index (Phi) is 5.53. The average Bonchev–Trinajstić information content (AvgIpc) is 2.48. The van der Waals surface area contributed by atoms with Crippen molar-refractivity contribution >= 4 is 16.6 Å². The maximum absolute atomic E-state index is 12.3. The van der Waals surface area contributed by atoms with Crippen molar-refractivity contribution in [2.45, 2.75) is 56.8 Å². The van der Waals surface area contributed by atoms with Gasteiger partial charge in [0.2, 0.25) is 0 Å². The molecule has 1 atom stereocenters. The molecule has 0 aliphatic heterocycles. The van der Waals surface area contributed by atoms with Crippen LogP contribution in [0.15, 0.2) is 29.2 Å². The molecule has 0 bridgehead atoms. The van der Waals surface area contributed by atoms with Gasteiger partial charge in [0, 0.05) is 10.8 Å². The minimum absolute atomic E-state index is 0.155. The van der Waals surface area contributed by atoms with Gasteiger partial charge >= 0.3 is 0 Å². The van der Waals surface area contributed by atoms with Gasteiger partial charge in [-0.05, 0) is 36.5 Å². The number of hydrogen-bond acceptors (Lipinski definition) is 2. The third-order valence-corrected chi connectivity index (χ3v) is 5.49. The van der Waals surface area contributed by atoms with Crippen LogP contribution >= 0.6 is 0 Å². The van der Waals surface area contributed by atoms with Gasteiger partial charge in [-0.2, -0.15) is 0 Å². The van der Waals surface area contributed by atoms with Crippen LogP contribution in [0.25, 0.3) is 0 Å². The molecule has 0 heterocycles. The Labute approximate surface area is 124 Å². The van der Waals surface area contributed by atoms with E-state index in [-0.39, 0.29) is 17.5 Å². The molecule has 1 aliphatic rings. The summed E-state index contributed by atoms with van der Waals surface area (Å²) in [5.74, 6) is 1.01. The minimum atomic E-state index is -1.19. The molecule has 0 spiro atoms. The van der Waals surface area contributed by atoms with Crippen molar-refractivity contribution in [2.24, 2.45) is 5.92 Å². The van der Waals surface area contributed by atoms with Crippen LogP contribution in [0.1, 0.15) is 57.4 Å². The van der Waals surface area contributed by atoms with E-state index in [4.69, 9.17) is 0 Å². The van der Waals surface area contributed by atoms with Crippen LogP contribution in [-0.4, -0.2) is 15.7 Å². The number of carbonyl (C=O) groups is 1. The molecule has 0 saturated heterocycles. The maximum atomic E-state index is 12.3. The smallest absolute Gasteiger partial charge is 0.148 e. The predicted molar refractivity (Wildman–Crippen MR) is 83.4 cm³/mol. The van der Waals surface area contributed by atoms with Gasteiger partial charge in [-0.1, -0.05) is 45.2 Å². The Hall–Kier alpha value is -0.960. The number of benzene rings is 1. The molecular weight excluding hydrogens is 268 g/mol. The molecule has 0 N–H and O–H groups in total. The number of rotatable bonds is 5. The summed E-state index contributed by atoms with van der Waals surface area (Å²) in [6.07, 6.45) is 5.51. The Bertz CT molecular complexity index is 470. The second-order valence-corrected chi connectivity index (χ2v) is 7.47.